The maximum atomic E-state index is 11.6. The van der Waals surface area contributed by atoms with Crippen LogP contribution in [0.1, 0.15) is 19.4 Å². The van der Waals surface area contributed by atoms with Gasteiger partial charge in [0.05, 0.1) is 16.2 Å². The van der Waals surface area contributed by atoms with Gasteiger partial charge in [0, 0.05) is 0 Å². The number of carbonyl (C=O) groups is 1. The van der Waals surface area contributed by atoms with Gasteiger partial charge in [0.1, 0.15) is 0 Å². The lowest BCUT2D eigenvalue weighted by Gasteiger charge is -2.18. The minimum atomic E-state index is -0.909. The van der Waals surface area contributed by atoms with E-state index in [0.29, 0.717) is 10.7 Å². The Labute approximate surface area is 94.6 Å². The third kappa shape index (κ3) is 3.22. The summed E-state index contributed by atoms with van der Waals surface area (Å²) < 4.78 is 0. The quantitative estimate of drug-likeness (QED) is 0.813. The highest BCUT2D eigenvalue weighted by atomic mass is 35.5. The molecule has 0 atom stereocenters. The predicted molar refractivity (Wildman–Crippen MR) is 63.1 cm³/mol. The van der Waals surface area contributed by atoms with Crippen molar-refractivity contribution in [2.45, 2.75) is 26.3 Å². The Morgan fingerprint density at radius 3 is 2.53 bits per heavy atom. The summed E-state index contributed by atoms with van der Waals surface area (Å²) in [7, 11) is 0. The van der Waals surface area contributed by atoms with Crippen LogP contribution in [0.5, 0.6) is 0 Å². The van der Waals surface area contributed by atoms with Gasteiger partial charge in [-0.15, -0.1) is 0 Å². The second kappa shape index (κ2) is 4.21. The smallest absolute Gasteiger partial charge is 0.243 e. The van der Waals surface area contributed by atoms with Crippen molar-refractivity contribution in [1.82, 2.24) is 0 Å². The Bertz CT molecular complexity index is 383. The van der Waals surface area contributed by atoms with Crippen molar-refractivity contribution in [3.8, 4) is 0 Å². The number of halogens is 1. The van der Waals surface area contributed by atoms with Crippen LogP contribution in [-0.2, 0) is 4.79 Å². The molecule has 82 valence electrons. The molecular weight excluding hydrogens is 212 g/mol. The number of nitrogens with two attached hydrogens (primary N) is 1. The number of aryl methyl sites for hydroxylation is 1. The van der Waals surface area contributed by atoms with Gasteiger partial charge in [0.25, 0.3) is 0 Å². The molecule has 0 saturated carbocycles. The number of amides is 1. The van der Waals surface area contributed by atoms with Gasteiger partial charge in [-0.3, -0.25) is 4.79 Å². The van der Waals surface area contributed by atoms with E-state index < -0.39 is 5.54 Å². The molecule has 0 bridgehead atoms. The molecule has 0 fully saturated rings. The van der Waals surface area contributed by atoms with E-state index >= 15 is 0 Å². The van der Waals surface area contributed by atoms with E-state index in [-0.39, 0.29) is 5.91 Å². The minimum absolute atomic E-state index is 0.256. The normalized spacial score (nSPS) is 11.3. The molecule has 0 heterocycles. The molecule has 1 amide bonds. The number of rotatable bonds is 2. The Morgan fingerprint density at radius 1 is 1.47 bits per heavy atom. The predicted octanol–water partition coefficient (Wildman–Crippen LogP) is 2.32. The molecule has 0 spiro atoms. The molecule has 1 aromatic rings. The number of hydrogen-bond donors (Lipinski definition) is 2. The first-order chi connectivity index (χ1) is 6.80. The van der Waals surface area contributed by atoms with Crippen LogP contribution in [0.15, 0.2) is 18.2 Å². The van der Waals surface area contributed by atoms with Crippen LogP contribution in [0.4, 0.5) is 5.69 Å². The number of nitrogens with one attached hydrogen (secondary N) is 1. The third-order valence-corrected chi connectivity index (χ3v) is 2.27. The molecular formula is C11H15ClN2O. The minimum Gasteiger partial charge on any atom is -0.323 e. The monoisotopic (exact) mass is 226 g/mol. The van der Waals surface area contributed by atoms with Gasteiger partial charge >= 0.3 is 0 Å². The van der Waals surface area contributed by atoms with Gasteiger partial charge in [-0.05, 0) is 38.5 Å². The first kappa shape index (κ1) is 12.0. The number of anilines is 1. The van der Waals surface area contributed by atoms with E-state index in [2.05, 4.69) is 5.32 Å². The van der Waals surface area contributed by atoms with E-state index in [9.17, 15) is 4.79 Å². The van der Waals surface area contributed by atoms with Crippen LogP contribution in [0, 0.1) is 6.92 Å². The molecule has 1 aromatic carbocycles. The molecule has 0 saturated heterocycles. The van der Waals surface area contributed by atoms with Crippen molar-refractivity contribution < 1.29 is 4.79 Å². The van der Waals surface area contributed by atoms with Gasteiger partial charge in [-0.2, -0.15) is 0 Å². The molecule has 3 nitrogen and oxygen atoms in total. The Kier molecular flexibility index (Phi) is 3.37. The molecule has 3 N–H and O–H groups in total. The average Bonchev–Trinajstić information content (AvgIpc) is 2.08. The van der Waals surface area contributed by atoms with Gasteiger partial charge in [-0.1, -0.05) is 17.7 Å². The average molecular weight is 227 g/mol. The van der Waals surface area contributed by atoms with Gasteiger partial charge in [0.2, 0.25) is 5.91 Å². The van der Waals surface area contributed by atoms with Crippen LogP contribution in [0.25, 0.3) is 0 Å². The van der Waals surface area contributed by atoms with Gasteiger partial charge in [0.15, 0.2) is 0 Å². The summed E-state index contributed by atoms with van der Waals surface area (Å²) >= 11 is 5.97. The van der Waals surface area contributed by atoms with E-state index in [0.717, 1.165) is 5.56 Å². The molecule has 0 radical (unpaired) electrons. The second-order valence-electron chi connectivity index (χ2n) is 4.16. The maximum Gasteiger partial charge on any atom is 0.243 e. The van der Waals surface area contributed by atoms with Crippen molar-refractivity contribution in [3.63, 3.8) is 0 Å². The fraction of sp³-hybridized carbons (Fsp3) is 0.364. The zero-order valence-electron chi connectivity index (χ0n) is 9.10. The van der Waals surface area contributed by atoms with Crippen molar-refractivity contribution in [2.75, 3.05) is 5.32 Å². The summed E-state index contributed by atoms with van der Waals surface area (Å²) in [6.45, 7) is 5.22. The maximum absolute atomic E-state index is 11.6. The van der Waals surface area contributed by atoms with Gasteiger partial charge < -0.3 is 11.1 Å². The summed E-state index contributed by atoms with van der Waals surface area (Å²) in [4.78, 5) is 11.6. The topological polar surface area (TPSA) is 55.1 Å². The van der Waals surface area contributed by atoms with Crippen molar-refractivity contribution in [1.29, 1.82) is 0 Å². The number of benzene rings is 1. The first-order valence-electron chi connectivity index (χ1n) is 4.67. The summed E-state index contributed by atoms with van der Waals surface area (Å²) in [5, 5.41) is 3.20. The molecule has 0 aliphatic heterocycles. The zero-order chi connectivity index (χ0) is 11.6. The van der Waals surface area contributed by atoms with E-state index in [1.807, 2.05) is 13.0 Å². The molecule has 0 unspecified atom stereocenters. The van der Waals surface area contributed by atoms with Crippen LogP contribution >= 0.6 is 11.6 Å². The van der Waals surface area contributed by atoms with Crippen molar-refractivity contribution in [3.05, 3.63) is 28.8 Å². The van der Waals surface area contributed by atoms with Crippen molar-refractivity contribution >= 4 is 23.2 Å². The Hall–Kier alpha value is -1.06. The highest BCUT2D eigenvalue weighted by Crippen LogP contribution is 2.23. The zero-order valence-corrected chi connectivity index (χ0v) is 9.85. The van der Waals surface area contributed by atoms with E-state index in [1.165, 1.54) is 0 Å². The molecule has 1 rings (SSSR count). The lowest BCUT2D eigenvalue weighted by atomic mass is 10.1. The molecule has 0 aliphatic rings. The van der Waals surface area contributed by atoms with Crippen LogP contribution in [0.3, 0.4) is 0 Å². The third-order valence-electron chi connectivity index (χ3n) is 1.96. The van der Waals surface area contributed by atoms with Crippen LogP contribution < -0.4 is 11.1 Å². The second-order valence-corrected chi connectivity index (χ2v) is 4.57. The largest absolute Gasteiger partial charge is 0.323 e. The molecule has 15 heavy (non-hydrogen) atoms. The fourth-order valence-corrected chi connectivity index (χ4v) is 1.29. The molecule has 0 aliphatic carbocycles. The number of hydrogen-bond acceptors (Lipinski definition) is 2. The standard InChI is InChI=1S/C11H15ClN2O/c1-7-4-5-9(8(12)6-7)14-10(15)11(2,3)13/h4-6H,13H2,1-3H3,(H,14,15). The van der Waals surface area contributed by atoms with Crippen molar-refractivity contribution in [2.24, 2.45) is 5.73 Å². The van der Waals surface area contributed by atoms with E-state index in [1.54, 1.807) is 26.0 Å². The summed E-state index contributed by atoms with van der Waals surface area (Å²) in [5.74, 6) is -0.256. The summed E-state index contributed by atoms with van der Waals surface area (Å²) in [5.41, 5.74) is 6.38. The summed E-state index contributed by atoms with van der Waals surface area (Å²) in [6.07, 6.45) is 0. The SMILES string of the molecule is Cc1ccc(NC(=O)C(C)(C)N)c(Cl)c1. The Balaban J connectivity index is 2.87. The summed E-state index contributed by atoms with van der Waals surface area (Å²) in [6, 6.07) is 5.44. The van der Waals surface area contributed by atoms with Crippen LogP contribution in [-0.4, -0.2) is 11.4 Å². The van der Waals surface area contributed by atoms with Gasteiger partial charge in [-0.25, -0.2) is 0 Å². The highest BCUT2D eigenvalue weighted by Gasteiger charge is 2.22. The lowest BCUT2D eigenvalue weighted by Crippen LogP contribution is -2.45. The Morgan fingerprint density at radius 2 is 2.07 bits per heavy atom. The first-order valence-corrected chi connectivity index (χ1v) is 5.05. The van der Waals surface area contributed by atoms with Crippen LogP contribution in [0.2, 0.25) is 5.02 Å². The fourth-order valence-electron chi connectivity index (χ4n) is 1.00. The van der Waals surface area contributed by atoms with E-state index in [4.69, 9.17) is 17.3 Å². The highest BCUT2D eigenvalue weighted by molar-refractivity contribution is 6.33. The molecule has 0 aromatic heterocycles. The molecule has 4 heteroatoms. The lowest BCUT2D eigenvalue weighted by molar-refractivity contribution is -0.120. The number of carbonyl (C=O) groups excluding carboxylic acids is 1.